The fraction of sp³-hybridized carbons (Fsp3) is 0.800. The molecule has 0 aromatic heterocycles. The van der Waals surface area contributed by atoms with E-state index in [1.165, 1.54) is 0 Å². The van der Waals surface area contributed by atoms with Gasteiger partial charge in [0.05, 0.1) is 0 Å². The van der Waals surface area contributed by atoms with E-state index in [9.17, 15) is 9.59 Å². The standard InChI is InChI=1S/2C5H10N2O2/c2*6-7-5(8)4-2-1-3-9-4/h2*4H,1-3,6H2,(H,7,8)/t2*4-/m10/s1. The molecule has 2 atom stereocenters. The van der Waals surface area contributed by atoms with E-state index < -0.39 is 0 Å². The van der Waals surface area contributed by atoms with Crippen molar-refractivity contribution in [3.05, 3.63) is 0 Å². The summed E-state index contributed by atoms with van der Waals surface area (Å²) in [5, 5.41) is 0. The van der Waals surface area contributed by atoms with Gasteiger partial charge in [0.2, 0.25) is 0 Å². The van der Waals surface area contributed by atoms with Crippen LogP contribution in [-0.4, -0.2) is 37.2 Å². The summed E-state index contributed by atoms with van der Waals surface area (Å²) in [6.45, 7) is 1.36. The molecular formula is C10H20N4O4. The molecule has 2 fully saturated rings. The van der Waals surface area contributed by atoms with Gasteiger partial charge in [-0.2, -0.15) is 0 Å². The van der Waals surface area contributed by atoms with E-state index in [4.69, 9.17) is 21.2 Å². The molecule has 8 nitrogen and oxygen atoms in total. The molecule has 8 heteroatoms. The number of carbonyl (C=O) groups is 2. The minimum atomic E-state index is -0.296. The second kappa shape index (κ2) is 7.98. The second-order valence-corrected chi connectivity index (χ2v) is 4.02. The molecule has 2 saturated heterocycles. The minimum Gasteiger partial charge on any atom is -0.368 e. The Kier molecular flexibility index (Phi) is 6.58. The summed E-state index contributed by atoms with van der Waals surface area (Å²) < 4.78 is 10.0. The summed E-state index contributed by atoms with van der Waals surface area (Å²) in [4.78, 5) is 21.3. The lowest BCUT2D eigenvalue weighted by Crippen LogP contribution is -2.38. The third kappa shape index (κ3) is 4.57. The Morgan fingerprint density at radius 2 is 1.28 bits per heavy atom. The average Bonchev–Trinajstić information content (AvgIpc) is 3.09. The predicted molar refractivity (Wildman–Crippen MR) is 62.6 cm³/mol. The van der Waals surface area contributed by atoms with E-state index in [0.717, 1.165) is 25.7 Å². The fourth-order valence-corrected chi connectivity index (χ4v) is 1.75. The maximum atomic E-state index is 10.7. The summed E-state index contributed by atoms with van der Waals surface area (Å²) in [7, 11) is 0. The highest BCUT2D eigenvalue weighted by atomic mass is 16.5. The normalized spacial score (nSPS) is 26.1. The number of carbonyl (C=O) groups excluding carboxylic acids is 2. The summed E-state index contributed by atoms with van der Waals surface area (Å²) in [5.74, 6) is 9.31. The molecule has 18 heavy (non-hydrogen) atoms. The van der Waals surface area contributed by atoms with E-state index >= 15 is 0 Å². The first-order chi connectivity index (χ1) is 8.69. The lowest BCUT2D eigenvalue weighted by atomic mass is 10.2. The first kappa shape index (κ1) is 14.8. The molecule has 104 valence electrons. The maximum absolute atomic E-state index is 10.7. The molecule has 0 spiro atoms. The van der Waals surface area contributed by atoms with Gasteiger partial charge in [-0.25, -0.2) is 11.7 Å². The molecule has 0 aromatic rings. The molecule has 0 radical (unpaired) electrons. The number of rotatable bonds is 2. The third-order valence-corrected chi connectivity index (χ3v) is 2.73. The van der Waals surface area contributed by atoms with Crippen LogP contribution in [0.5, 0.6) is 0 Å². The van der Waals surface area contributed by atoms with Gasteiger partial charge in [-0.3, -0.25) is 20.4 Å². The number of ether oxygens (including phenoxy) is 2. The Balaban J connectivity index is 0.000000180. The number of amides is 2. The van der Waals surface area contributed by atoms with E-state index in [1.54, 1.807) is 0 Å². The zero-order valence-corrected chi connectivity index (χ0v) is 10.2. The summed E-state index contributed by atoms with van der Waals surface area (Å²) >= 11 is 0. The molecule has 0 saturated carbocycles. The lowest BCUT2D eigenvalue weighted by molar-refractivity contribution is -0.130. The Hall–Kier alpha value is -1.22. The number of hydrazine groups is 2. The van der Waals surface area contributed by atoms with E-state index in [0.29, 0.717) is 13.2 Å². The van der Waals surface area contributed by atoms with Crippen LogP contribution in [0.25, 0.3) is 0 Å². The molecule has 2 rings (SSSR count). The molecule has 6 N–H and O–H groups in total. The van der Waals surface area contributed by atoms with Crippen molar-refractivity contribution in [3.63, 3.8) is 0 Å². The third-order valence-electron chi connectivity index (χ3n) is 2.73. The monoisotopic (exact) mass is 260 g/mol. The van der Waals surface area contributed by atoms with Crippen LogP contribution in [-0.2, 0) is 19.1 Å². The van der Waals surface area contributed by atoms with Crippen molar-refractivity contribution in [2.75, 3.05) is 13.2 Å². The van der Waals surface area contributed by atoms with Gasteiger partial charge in [0.15, 0.2) is 0 Å². The Bertz CT molecular complexity index is 247. The van der Waals surface area contributed by atoms with Crippen molar-refractivity contribution in [1.29, 1.82) is 0 Å². The zero-order chi connectivity index (χ0) is 13.4. The minimum absolute atomic E-state index is 0.215. The Morgan fingerprint density at radius 3 is 1.50 bits per heavy atom. The molecule has 2 aliphatic heterocycles. The van der Waals surface area contributed by atoms with E-state index in [2.05, 4.69) is 0 Å². The van der Waals surface area contributed by atoms with Gasteiger partial charge in [-0.1, -0.05) is 0 Å². The Morgan fingerprint density at radius 1 is 0.889 bits per heavy atom. The van der Waals surface area contributed by atoms with Gasteiger partial charge in [0, 0.05) is 13.2 Å². The smallest absolute Gasteiger partial charge is 0.262 e. The SMILES string of the molecule is NNC(=O)[C@@H]1CCCO1.NNC(=O)[C@H]1CCCO1. The lowest BCUT2D eigenvalue weighted by Gasteiger charge is -2.04. The average molecular weight is 260 g/mol. The van der Waals surface area contributed by atoms with Crippen molar-refractivity contribution < 1.29 is 19.1 Å². The van der Waals surface area contributed by atoms with Crippen molar-refractivity contribution >= 4 is 11.8 Å². The quantitative estimate of drug-likeness (QED) is 0.266. The highest BCUT2D eigenvalue weighted by Gasteiger charge is 2.22. The molecule has 0 bridgehead atoms. The maximum Gasteiger partial charge on any atom is 0.262 e. The summed E-state index contributed by atoms with van der Waals surface area (Å²) in [6.07, 6.45) is 2.91. The van der Waals surface area contributed by atoms with Crippen molar-refractivity contribution in [3.8, 4) is 0 Å². The van der Waals surface area contributed by atoms with Crippen LogP contribution in [0.4, 0.5) is 0 Å². The van der Waals surface area contributed by atoms with Crippen molar-refractivity contribution in [1.82, 2.24) is 10.9 Å². The molecule has 2 amide bonds. The predicted octanol–water partition coefficient (Wildman–Crippen LogP) is -1.69. The molecule has 0 aromatic carbocycles. The van der Waals surface area contributed by atoms with Crippen molar-refractivity contribution in [2.45, 2.75) is 37.9 Å². The molecule has 0 unspecified atom stereocenters. The van der Waals surface area contributed by atoms with E-state index in [1.807, 2.05) is 10.9 Å². The zero-order valence-electron chi connectivity index (χ0n) is 10.2. The van der Waals surface area contributed by atoms with Gasteiger partial charge in [0.25, 0.3) is 11.8 Å². The van der Waals surface area contributed by atoms with Crippen LogP contribution in [0.1, 0.15) is 25.7 Å². The largest absolute Gasteiger partial charge is 0.368 e. The van der Waals surface area contributed by atoms with Gasteiger partial charge >= 0.3 is 0 Å². The van der Waals surface area contributed by atoms with Crippen LogP contribution >= 0.6 is 0 Å². The topological polar surface area (TPSA) is 129 Å². The van der Waals surface area contributed by atoms with Gasteiger partial charge in [0.1, 0.15) is 12.2 Å². The van der Waals surface area contributed by atoms with Gasteiger partial charge in [-0.15, -0.1) is 0 Å². The van der Waals surface area contributed by atoms with Gasteiger partial charge in [-0.05, 0) is 25.7 Å². The van der Waals surface area contributed by atoms with Crippen LogP contribution in [0.15, 0.2) is 0 Å². The molecular weight excluding hydrogens is 240 g/mol. The molecule has 0 aliphatic carbocycles. The fourth-order valence-electron chi connectivity index (χ4n) is 1.75. The summed E-state index contributed by atoms with van der Waals surface area (Å²) in [5.41, 5.74) is 4.09. The molecule has 2 aliphatic rings. The number of nitrogens with two attached hydrogens (primary N) is 2. The van der Waals surface area contributed by atoms with Crippen LogP contribution in [0.2, 0.25) is 0 Å². The first-order valence-corrected chi connectivity index (χ1v) is 5.93. The molecule has 2 heterocycles. The van der Waals surface area contributed by atoms with Crippen LogP contribution < -0.4 is 22.5 Å². The second-order valence-electron chi connectivity index (χ2n) is 4.02. The Labute approximate surface area is 105 Å². The van der Waals surface area contributed by atoms with Crippen LogP contribution in [0.3, 0.4) is 0 Å². The first-order valence-electron chi connectivity index (χ1n) is 5.93. The number of hydrogen-bond acceptors (Lipinski definition) is 6. The van der Waals surface area contributed by atoms with Gasteiger partial charge < -0.3 is 9.47 Å². The highest BCUT2D eigenvalue weighted by molar-refractivity contribution is 5.80. The van der Waals surface area contributed by atoms with Crippen LogP contribution in [0, 0.1) is 0 Å². The number of nitrogens with one attached hydrogen (secondary N) is 2. The van der Waals surface area contributed by atoms with E-state index in [-0.39, 0.29) is 24.0 Å². The van der Waals surface area contributed by atoms with Crippen molar-refractivity contribution in [2.24, 2.45) is 11.7 Å². The summed E-state index contributed by atoms with van der Waals surface area (Å²) in [6, 6.07) is 0. The highest BCUT2D eigenvalue weighted by Crippen LogP contribution is 2.11. The number of hydrogen-bond donors (Lipinski definition) is 4.